The van der Waals surface area contributed by atoms with Crippen LogP contribution >= 0.6 is 0 Å². The zero-order valence-corrected chi connectivity index (χ0v) is 5.36. The number of hydrogen-bond acceptors (Lipinski definition) is 1. The number of hydrogen-bond donors (Lipinski definition) is 1. The van der Waals surface area contributed by atoms with E-state index >= 15 is 0 Å². The summed E-state index contributed by atoms with van der Waals surface area (Å²) in [5.41, 5.74) is 0. The van der Waals surface area contributed by atoms with Gasteiger partial charge in [-0.05, 0) is 0 Å². The summed E-state index contributed by atoms with van der Waals surface area (Å²) in [6.07, 6.45) is 0. The van der Waals surface area contributed by atoms with Gasteiger partial charge in [0.15, 0.2) is 0 Å². The number of aliphatic hydroxyl groups excluding tert-OH is 1. The second-order valence-corrected chi connectivity index (χ2v) is 0. The fraction of sp³-hybridized carbons (Fsp3) is 1.00. The van der Waals surface area contributed by atoms with Gasteiger partial charge in [0.05, 0.1) is 0 Å². The summed E-state index contributed by atoms with van der Waals surface area (Å²) in [6.45, 7) is 0. The third-order valence-electron chi connectivity index (χ3n) is 0. The average molecular weight is 171 g/mol. The van der Waals surface area contributed by atoms with Crippen LogP contribution < -0.4 is 0 Å². The van der Waals surface area contributed by atoms with Gasteiger partial charge < -0.3 is 10.6 Å². The zero-order valence-electron chi connectivity index (χ0n) is 2.52. The Balaban J connectivity index is -0.000000000833. The molecule has 1 radical (unpaired) electrons. The molecule has 0 bridgehead atoms. The summed E-state index contributed by atoms with van der Waals surface area (Å²) >= 11 is 0. The van der Waals surface area contributed by atoms with Crippen molar-refractivity contribution in [3.8, 4) is 0 Å². The van der Waals surface area contributed by atoms with Crippen LogP contribution in [0.3, 0.4) is 0 Å². The van der Waals surface area contributed by atoms with Gasteiger partial charge in [-0.15, -0.1) is 0 Å². The van der Waals surface area contributed by atoms with Crippen molar-refractivity contribution in [2.24, 2.45) is 0 Å². The van der Waals surface area contributed by atoms with Crippen molar-refractivity contribution in [2.75, 3.05) is 7.11 Å². The Hall–Kier alpha value is 1.02. The Morgan fingerprint density at radius 3 is 1.00 bits per heavy atom. The van der Waals surface area contributed by atoms with Gasteiger partial charge in [0.2, 0.25) is 0 Å². The van der Waals surface area contributed by atoms with E-state index < -0.39 is 0 Å². The van der Waals surface area contributed by atoms with Crippen molar-refractivity contribution in [1.82, 2.24) is 0 Å². The van der Waals surface area contributed by atoms with Crippen LogP contribution in [0.1, 0.15) is 14.9 Å². The second-order valence-electron chi connectivity index (χ2n) is 0. The summed E-state index contributed by atoms with van der Waals surface area (Å²) in [7, 11) is 1.00. The minimum atomic E-state index is 0. The minimum absolute atomic E-state index is 0. The van der Waals surface area contributed by atoms with Crippen LogP contribution in [-0.2, 0) is 32.7 Å². The molecule has 0 spiro atoms. The molecule has 0 atom stereocenters. The van der Waals surface area contributed by atoms with Crippen LogP contribution in [0.2, 0.25) is 0 Å². The van der Waals surface area contributed by atoms with Crippen LogP contribution in [0.15, 0.2) is 0 Å². The molecule has 0 unspecified atom stereocenters. The van der Waals surface area contributed by atoms with E-state index in [0.717, 1.165) is 7.11 Å². The molecule has 6 heavy (non-hydrogen) atoms. The van der Waals surface area contributed by atoms with Crippen molar-refractivity contribution in [1.29, 1.82) is 0 Å². The van der Waals surface area contributed by atoms with Crippen molar-refractivity contribution in [3.63, 3.8) is 0 Å². The predicted molar refractivity (Wildman–Crippen MR) is 25.2 cm³/mol. The first-order valence-electron chi connectivity index (χ1n) is 0.447. The fourth-order valence-electron chi connectivity index (χ4n) is 0. The van der Waals surface area contributed by atoms with Crippen molar-refractivity contribution >= 4 is 0 Å². The molecular weight excluding hydrogens is 157 g/mol. The molecule has 41 valence electrons. The molecule has 0 aromatic carbocycles. The standard InChI is InChI=1S/CH4O.2CH4.H2O.Y/c1-2;;;;/h2H,1H3;2*1H4;1H2;. The summed E-state index contributed by atoms with van der Waals surface area (Å²) in [4.78, 5) is 0. The monoisotopic (exact) mass is 171 g/mol. The van der Waals surface area contributed by atoms with E-state index in [1.54, 1.807) is 0 Å². The molecule has 2 nitrogen and oxygen atoms in total. The van der Waals surface area contributed by atoms with Gasteiger partial charge >= 0.3 is 0 Å². The first kappa shape index (κ1) is 62.2. The van der Waals surface area contributed by atoms with Gasteiger partial charge in [0, 0.05) is 39.8 Å². The topological polar surface area (TPSA) is 51.7 Å². The number of rotatable bonds is 0. The van der Waals surface area contributed by atoms with Gasteiger partial charge in [-0.1, -0.05) is 14.9 Å². The van der Waals surface area contributed by atoms with Crippen molar-refractivity contribution in [3.05, 3.63) is 0 Å². The Labute approximate surface area is 65.1 Å². The quantitative estimate of drug-likeness (QED) is 0.550. The first-order chi connectivity index (χ1) is 1.00. The molecule has 0 aromatic rings. The Bertz CT molecular complexity index is 8.75. The van der Waals surface area contributed by atoms with Crippen LogP contribution in [0.4, 0.5) is 0 Å². The molecule has 3 heteroatoms. The van der Waals surface area contributed by atoms with Gasteiger partial charge in [-0.25, -0.2) is 0 Å². The third-order valence-corrected chi connectivity index (χ3v) is 0. The zero-order chi connectivity index (χ0) is 2.00. The molecule has 0 heterocycles. The molecule has 0 aliphatic carbocycles. The SMILES string of the molecule is C.C.CO.O.[Y]. The Morgan fingerprint density at radius 2 is 1.00 bits per heavy atom. The summed E-state index contributed by atoms with van der Waals surface area (Å²) in [5.74, 6) is 0. The smallest absolute Gasteiger partial charge is 0.0319 e. The maximum atomic E-state index is 7.00. The van der Waals surface area contributed by atoms with E-state index in [1.807, 2.05) is 0 Å². The summed E-state index contributed by atoms with van der Waals surface area (Å²) < 4.78 is 0. The van der Waals surface area contributed by atoms with Crippen molar-refractivity contribution in [2.45, 2.75) is 14.9 Å². The van der Waals surface area contributed by atoms with Crippen LogP contribution in [0, 0.1) is 0 Å². The number of aliphatic hydroxyl groups is 1. The molecule has 0 aliphatic rings. The van der Waals surface area contributed by atoms with E-state index in [0.29, 0.717) is 0 Å². The largest absolute Gasteiger partial charge is 0.412 e. The fourth-order valence-corrected chi connectivity index (χ4v) is 0. The van der Waals surface area contributed by atoms with Crippen LogP contribution in [0.5, 0.6) is 0 Å². The normalized spacial score (nSPS) is 1.00. The molecule has 3 N–H and O–H groups in total. The van der Waals surface area contributed by atoms with E-state index in [1.165, 1.54) is 0 Å². The molecule has 0 rings (SSSR count). The molecule has 0 fully saturated rings. The molecular formula is C3H14O2Y. The Kier molecular flexibility index (Phi) is 1500. The molecule has 0 aliphatic heterocycles. The van der Waals surface area contributed by atoms with Crippen molar-refractivity contribution < 1.29 is 43.3 Å². The molecule has 0 amide bonds. The van der Waals surface area contributed by atoms with E-state index in [4.69, 9.17) is 5.11 Å². The van der Waals surface area contributed by atoms with Gasteiger partial charge in [0.1, 0.15) is 0 Å². The van der Waals surface area contributed by atoms with E-state index in [2.05, 4.69) is 0 Å². The van der Waals surface area contributed by atoms with Crippen LogP contribution in [0.25, 0.3) is 0 Å². The summed E-state index contributed by atoms with van der Waals surface area (Å²) in [6, 6.07) is 0. The van der Waals surface area contributed by atoms with E-state index in [-0.39, 0.29) is 53.0 Å². The van der Waals surface area contributed by atoms with Gasteiger partial charge in [-0.2, -0.15) is 0 Å². The molecule has 0 saturated carbocycles. The van der Waals surface area contributed by atoms with Crippen LogP contribution in [-0.4, -0.2) is 17.7 Å². The first-order valence-corrected chi connectivity index (χ1v) is 0.447. The summed E-state index contributed by atoms with van der Waals surface area (Å²) in [5, 5.41) is 7.00. The van der Waals surface area contributed by atoms with Gasteiger partial charge in [-0.3, -0.25) is 0 Å². The molecule has 0 aromatic heterocycles. The molecule has 0 saturated heterocycles. The van der Waals surface area contributed by atoms with E-state index in [9.17, 15) is 0 Å². The maximum absolute atomic E-state index is 7.00. The maximum Gasteiger partial charge on any atom is 0.0319 e. The minimum Gasteiger partial charge on any atom is -0.412 e. The second kappa shape index (κ2) is 145. The average Bonchev–Trinajstić information content (AvgIpc) is 1.00. The predicted octanol–water partition coefficient (Wildman–Crippen LogP) is 0.0535. The van der Waals surface area contributed by atoms with Gasteiger partial charge in [0.25, 0.3) is 0 Å². The Morgan fingerprint density at radius 1 is 1.00 bits per heavy atom. The third kappa shape index (κ3) is 77.6.